The maximum absolute atomic E-state index is 12.5. The van der Waals surface area contributed by atoms with Crippen LogP contribution in [0.5, 0.6) is 0 Å². The van der Waals surface area contributed by atoms with E-state index in [1.807, 2.05) is 0 Å². The molecule has 0 radical (unpaired) electrons. The lowest BCUT2D eigenvalue weighted by atomic mass is 9.92. The smallest absolute Gasteiger partial charge is 0.220 e. The molecule has 3 rings (SSSR count). The number of unbranched alkanes of at least 4 members (excludes halogenated alkanes) is 13. The number of fused-ring (bicyclic) bond motifs is 3. The molecular weight excluding hydrogens is 502 g/mol. The predicted octanol–water partition coefficient (Wildman–Crippen LogP) is 10.5. The Kier molecular flexibility index (Phi) is 16.5. The van der Waals surface area contributed by atoms with E-state index < -0.39 is 0 Å². The third kappa shape index (κ3) is 13.0. The number of amides is 1. The van der Waals surface area contributed by atoms with Gasteiger partial charge in [0.2, 0.25) is 5.91 Å². The lowest BCUT2D eigenvalue weighted by Crippen LogP contribution is -2.24. The molecule has 0 heterocycles. The lowest BCUT2D eigenvalue weighted by Gasteiger charge is -2.13. The second kappa shape index (κ2) is 20.5. The van der Waals surface area contributed by atoms with Crippen LogP contribution in [0.2, 0.25) is 0 Å². The highest BCUT2D eigenvalue weighted by molar-refractivity contribution is 5.80. The summed E-state index contributed by atoms with van der Waals surface area (Å²) in [6.07, 6.45) is 22.0. The maximum Gasteiger partial charge on any atom is 0.220 e. The number of rotatable bonds is 24. The van der Waals surface area contributed by atoms with Gasteiger partial charge in [-0.05, 0) is 67.7 Å². The molecule has 0 saturated carbocycles. The van der Waals surface area contributed by atoms with E-state index in [-0.39, 0.29) is 5.91 Å². The van der Waals surface area contributed by atoms with Crippen LogP contribution in [0.3, 0.4) is 0 Å². The largest absolute Gasteiger partial charge is 0.381 e. The van der Waals surface area contributed by atoms with Gasteiger partial charge < -0.3 is 10.1 Å². The van der Waals surface area contributed by atoms with E-state index in [2.05, 4.69) is 67.4 Å². The van der Waals surface area contributed by atoms with Crippen LogP contribution >= 0.6 is 0 Å². The van der Waals surface area contributed by atoms with E-state index in [0.717, 1.165) is 32.6 Å². The van der Waals surface area contributed by atoms with E-state index >= 15 is 0 Å². The van der Waals surface area contributed by atoms with Gasteiger partial charge in [-0.1, -0.05) is 125 Å². The van der Waals surface area contributed by atoms with Crippen LogP contribution in [0.1, 0.15) is 140 Å². The van der Waals surface area contributed by atoms with Crippen LogP contribution in [0.25, 0.3) is 11.1 Å². The lowest BCUT2D eigenvalue weighted by molar-refractivity contribution is -0.121. The first-order valence-electron chi connectivity index (χ1n) is 16.8. The van der Waals surface area contributed by atoms with Crippen molar-refractivity contribution in [3.8, 4) is 11.1 Å². The van der Waals surface area contributed by atoms with Crippen LogP contribution in [0.15, 0.2) is 60.7 Å². The molecule has 1 amide bonds. The minimum atomic E-state index is 0.195. The Morgan fingerprint density at radius 3 is 1.66 bits per heavy atom. The van der Waals surface area contributed by atoms with Crippen LogP contribution < -0.4 is 5.32 Å². The van der Waals surface area contributed by atoms with Crippen LogP contribution in [0.4, 0.5) is 0 Å². The van der Waals surface area contributed by atoms with E-state index in [0.29, 0.717) is 12.3 Å². The number of benzene rings is 2. The quantitative estimate of drug-likeness (QED) is 0.103. The van der Waals surface area contributed by atoms with Crippen LogP contribution in [0, 0.1) is 0 Å². The zero-order chi connectivity index (χ0) is 29.0. The number of nitrogens with one attached hydrogen (secondary N) is 1. The Balaban J connectivity index is 1.06. The van der Waals surface area contributed by atoms with Gasteiger partial charge in [-0.2, -0.15) is 0 Å². The summed E-state index contributed by atoms with van der Waals surface area (Å²) in [7, 11) is 0. The second-order valence-electron chi connectivity index (χ2n) is 12.2. The van der Waals surface area contributed by atoms with E-state index in [1.165, 1.54) is 124 Å². The number of carbonyl (C=O) groups excluding carboxylic acids is 1. The van der Waals surface area contributed by atoms with Crippen molar-refractivity contribution in [2.45, 2.75) is 128 Å². The Labute approximate surface area is 251 Å². The first kappa shape index (κ1) is 33.1. The number of allylic oxidation sites excluding steroid dienone is 1. The summed E-state index contributed by atoms with van der Waals surface area (Å²) in [6, 6.07) is 17.3. The zero-order valence-corrected chi connectivity index (χ0v) is 26.1. The standard InChI is InChI=1S/C38H57NO2/c1-32(2)22-14-10-6-9-13-21-31-41-30-20-12-8-5-3-4-7-11-19-29-39-38(40)28-27-37-35-25-17-15-23-33(35)34-24-16-18-26-36(34)37/h15-18,23-26,37H,1,3-14,19-22,27-31H2,2H3,(H,39,40). The number of hydrogen-bond donors (Lipinski definition) is 1. The van der Waals surface area contributed by atoms with Crippen molar-refractivity contribution in [2.24, 2.45) is 0 Å². The molecule has 0 unspecified atom stereocenters. The van der Waals surface area contributed by atoms with Gasteiger partial charge in [0.25, 0.3) is 0 Å². The minimum Gasteiger partial charge on any atom is -0.381 e. The molecule has 0 bridgehead atoms. The second-order valence-corrected chi connectivity index (χ2v) is 12.2. The van der Waals surface area contributed by atoms with E-state index in [4.69, 9.17) is 4.74 Å². The van der Waals surface area contributed by atoms with Gasteiger partial charge in [-0.25, -0.2) is 0 Å². The van der Waals surface area contributed by atoms with Crippen molar-refractivity contribution in [2.75, 3.05) is 19.8 Å². The molecule has 1 aliphatic rings. The molecule has 1 aliphatic carbocycles. The first-order valence-corrected chi connectivity index (χ1v) is 16.8. The third-order valence-electron chi connectivity index (χ3n) is 8.55. The van der Waals surface area contributed by atoms with Gasteiger partial charge in [0.15, 0.2) is 0 Å². The summed E-state index contributed by atoms with van der Waals surface area (Å²) in [5.74, 6) is 0.531. The van der Waals surface area contributed by atoms with Crippen molar-refractivity contribution in [3.63, 3.8) is 0 Å². The maximum atomic E-state index is 12.5. The van der Waals surface area contributed by atoms with Crippen molar-refractivity contribution >= 4 is 5.91 Å². The summed E-state index contributed by atoms with van der Waals surface area (Å²) in [5, 5.41) is 3.16. The predicted molar refractivity (Wildman–Crippen MR) is 175 cm³/mol. The van der Waals surface area contributed by atoms with Crippen molar-refractivity contribution in [3.05, 3.63) is 71.8 Å². The summed E-state index contributed by atoms with van der Waals surface area (Å²) in [4.78, 5) is 12.5. The SMILES string of the molecule is C=C(C)CCCCCCCCOCCCCCCCCCCCNC(=O)CCC1c2ccccc2-c2ccccc21. The van der Waals surface area contributed by atoms with E-state index in [1.54, 1.807) is 0 Å². The Morgan fingerprint density at radius 1 is 0.659 bits per heavy atom. The van der Waals surface area contributed by atoms with Crippen LogP contribution in [-0.4, -0.2) is 25.7 Å². The molecule has 0 saturated heterocycles. The van der Waals surface area contributed by atoms with Gasteiger partial charge in [0.05, 0.1) is 0 Å². The highest BCUT2D eigenvalue weighted by atomic mass is 16.5. The Morgan fingerprint density at radius 2 is 1.12 bits per heavy atom. The molecule has 2 aromatic rings. The molecule has 3 nitrogen and oxygen atoms in total. The molecule has 3 heteroatoms. The average Bonchev–Trinajstić information content (AvgIpc) is 3.30. The fourth-order valence-electron chi connectivity index (χ4n) is 6.17. The molecule has 41 heavy (non-hydrogen) atoms. The van der Waals surface area contributed by atoms with E-state index in [9.17, 15) is 4.79 Å². The summed E-state index contributed by atoms with van der Waals surface area (Å²) < 4.78 is 5.82. The number of hydrogen-bond acceptors (Lipinski definition) is 2. The molecule has 1 N–H and O–H groups in total. The molecule has 0 aliphatic heterocycles. The molecule has 0 fully saturated rings. The van der Waals surface area contributed by atoms with Gasteiger partial charge in [0, 0.05) is 32.1 Å². The topological polar surface area (TPSA) is 38.3 Å². The Hall–Kier alpha value is -2.39. The monoisotopic (exact) mass is 559 g/mol. The number of ether oxygens (including phenoxy) is 1. The fourth-order valence-corrected chi connectivity index (χ4v) is 6.17. The summed E-state index contributed by atoms with van der Waals surface area (Å²) in [5.41, 5.74) is 6.73. The highest BCUT2D eigenvalue weighted by Gasteiger charge is 2.27. The summed E-state index contributed by atoms with van der Waals surface area (Å²) in [6.45, 7) is 8.79. The molecular formula is C38H57NO2. The fraction of sp³-hybridized carbons (Fsp3) is 0.605. The molecule has 0 spiro atoms. The van der Waals surface area contributed by atoms with Crippen molar-refractivity contribution in [1.29, 1.82) is 0 Å². The van der Waals surface area contributed by atoms with Gasteiger partial charge in [-0.3, -0.25) is 4.79 Å². The Bertz CT molecular complexity index is 967. The highest BCUT2D eigenvalue weighted by Crippen LogP contribution is 2.46. The molecule has 0 atom stereocenters. The van der Waals surface area contributed by atoms with Gasteiger partial charge in [-0.15, -0.1) is 6.58 Å². The number of carbonyl (C=O) groups is 1. The average molecular weight is 560 g/mol. The zero-order valence-electron chi connectivity index (χ0n) is 26.1. The normalized spacial score (nSPS) is 12.3. The van der Waals surface area contributed by atoms with Gasteiger partial charge in [0.1, 0.15) is 0 Å². The van der Waals surface area contributed by atoms with Crippen LogP contribution in [-0.2, 0) is 9.53 Å². The summed E-state index contributed by atoms with van der Waals surface area (Å²) >= 11 is 0. The first-order chi connectivity index (χ1) is 20.2. The molecule has 0 aromatic heterocycles. The van der Waals surface area contributed by atoms with Crippen molar-refractivity contribution < 1.29 is 9.53 Å². The molecule has 226 valence electrons. The molecule has 2 aromatic carbocycles. The third-order valence-corrected chi connectivity index (χ3v) is 8.55. The van der Waals surface area contributed by atoms with Crippen molar-refractivity contribution in [1.82, 2.24) is 5.32 Å². The van der Waals surface area contributed by atoms with Gasteiger partial charge >= 0.3 is 0 Å². The minimum absolute atomic E-state index is 0.195.